The predicted octanol–water partition coefficient (Wildman–Crippen LogP) is 1.49. The van der Waals surface area contributed by atoms with E-state index < -0.39 is 11.6 Å². The van der Waals surface area contributed by atoms with Crippen LogP contribution in [0, 0.1) is 5.92 Å². The van der Waals surface area contributed by atoms with Gasteiger partial charge in [-0.3, -0.25) is 0 Å². The molecule has 0 saturated carbocycles. The molecule has 0 spiro atoms. The molecule has 0 heterocycles. The van der Waals surface area contributed by atoms with Gasteiger partial charge in [0.2, 0.25) is 0 Å². The summed E-state index contributed by atoms with van der Waals surface area (Å²) in [6, 6.07) is -0.117. The zero-order valence-corrected chi connectivity index (χ0v) is 9.76. The second-order valence-electron chi connectivity index (χ2n) is 4.63. The summed E-state index contributed by atoms with van der Waals surface area (Å²) in [5.74, 6) is 0.346. The van der Waals surface area contributed by atoms with Crippen LogP contribution in [0.3, 0.4) is 0 Å². The normalized spacial score (nSPS) is 13.9. The number of rotatable bonds is 4. The average Bonchev–Trinajstić information content (AvgIpc) is 1.99. The summed E-state index contributed by atoms with van der Waals surface area (Å²) < 4.78 is 4.98. The fourth-order valence-corrected chi connectivity index (χ4v) is 0.655. The summed E-state index contributed by atoms with van der Waals surface area (Å²) in [6.45, 7) is 10.0. The maximum atomic E-state index is 11.3. The summed E-state index contributed by atoms with van der Waals surface area (Å²) >= 11 is 0. The van der Waals surface area contributed by atoms with E-state index in [1.54, 1.807) is 0 Å². The van der Waals surface area contributed by atoms with Gasteiger partial charge < -0.3 is 15.8 Å². The monoisotopic (exact) mass is 202 g/mol. The minimum absolute atomic E-state index is 0.117. The van der Waals surface area contributed by atoms with Crippen molar-refractivity contribution in [3.05, 3.63) is 0 Å². The van der Waals surface area contributed by atoms with Crippen LogP contribution in [0.15, 0.2) is 0 Å². The summed E-state index contributed by atoms with van der Waals surface area (Å²) in [5, 5.41) is 2.72. The van der Waals surface area contributed by atoms with Crippen molar-refractivity contribution in [3.63, 3.8) is 0 Å². The van der Waals surface area contributed by atoms with E-state index in [0.29, 0.717) is 12.5 Å². The van der Waals surface area contributed by atoms with Crippen molar-refractivity contribution in [1.82, 2.24) is 5.32 Å². The average molecular weight is 202 g/mol. The lowest BCUT2D eigenvalue weighted by Gasteiger charge is -2.29. The smallest absolute Gasteiger partial charge is 0.407 e. The number of amides is 1. The molecule has 0 rings (SSSR count). The van der Waals surface area contributed by atoms with Crippen LogP contribution in [0.4, 0.5) is 4.79 Å². The van der Waals surface area contributed by atoms with E-state index in [2.05, 4.69) is 5.32 Å². The van der Waals surface area contributed by atoms with Gasteiger partial charge in [0.05, 0.1) is 12.1 Å². The van der Waals surface area contributed by atoms with Gasteiger partial charge in [-0.15, -0.1) is 0 Å². The third kappa shape index (κ3) is 5.07. The molecule has 4 heteroatoms. The van der Waals surface area contributed by atoms with Crippen molar-refractivity contribution in [2.45, 2.75) is 46.2 Å². The summed E-state index contributed by atoms with van der Waals surface area (Å²) in [5.41, 5.74) is 5.27. The summed E-state index contributed by atoms with van der Waals surface area (Å²) in [6.07, 6.45) is -0.402. The van der Waals surface area contributed by atoms with Crippen molar-refractivity contribution in [1.29, 1.82) is 0 Å². The first-order valence-corrected chi connectivity index (χ1v) is 4.96. The first-order chi connectivity index (χ1) is 6.25. The Balaban J connectivity index is 3.94. The fourth-order valence-electron chi connectivity index (χ4n) is 0.655. The van der Waals surface area contributed by atoms with Gasteiger partial charge >= 0.3 is 6.09 Å². The molecule has 0 fully saturated rings. The quantitative estimate of drug-likeness (QED) is 0.726. The number of carbonyl (C=O) groups excluding carboxylic acids is 1. The Hall–Kier alpha value is -0.770. The number of ether oxygens (including phenoxy) is 1. The number of nitrogens with one attached hydrogen (secondary N) is 1. The minimum atomic E-state index is -0.436. The zero-order chi connectivity index (χ0) is 11.4. The largest absolute Gasteiger partial charge is 0.449 e. The molecule has 0 aliphatic carbocycles. The molecular formula is C10H22N2O2. The van der Waals surface area contributed by atoms with Gasteiger partial charge in [-0.1, -0.05) is 13.8 Å². The first kappa shape index (κ1) is 13.2. The summed E-state index contributed by atoms with van der Waals surface area (Å²) in [7, 11) is 0. The van der Waals surface area contributed by atoms with E-state index in [1.807, 2.05) is 34.6 Å². The number of carbonyl (C=O) groups is 1. The predicted molar refractivity (Wildman–Crippen MR) is 57.1 cm³/mol. The van der Waals surface area contributed by atoms with Gasteiger partial charge in [-0.05, 0) is 26.7 Å². The Kier molecular flexibility index (Phi) is 4.91. The molecule has 0 aromatic rings. The number of hydrogen-bond acceptors (Lipinski definition) is 3. The molecule has 0 aromatic carbocycles. The van der Waals surface area contributed by atoms with E-state index in [-0.39, 0.29) is 6.04 Å². The number of hydrogen-bond donors (Lipinski definition) is 2. The van der Waals surface area contributed by atoms with Crippen molar-refractivity contribution < 1.29 is 9.53 Å². The molecule has 1 amide bonds. The van der Waals surface area contributed by atoms with Gasteiger partial charge in [-0.25, -0.2) is 4.79 Å². The van der Waals surface area contributed by atoms with E-state index in [4.69, 9.17) is 10.5 Å². The topological polar surface area (TPSA) is 64.3 Å². The lowest BCUT2D eigenvalue weighted by atomic mass is 9.97. The second kappa shape index (κ2) is 5.20. The highest BCUT2D eigenvalue weighted by atomic mass is 16.5. The van der Waals surface area contributed by atoms with E-state index in [9.17, 15) is 4.79 Å². The van der Waals surface area contributed by atoms with E-state index in [1.165, 1.54) is 0 Å². The molecule has 3 N–H and O–H groups in total. The molecule has 0 radical (unpaired) electrons. The Morgan fingerprint density at radius 3 is 2.29 bits per heavy atom. The highest BCUT2D eigenvalue weighted by molar-refractivity contribution is 5.68. The maximum Gasteiger partial charge on any atom is 0.407 e. The highest BCUT2D eigenvalue weighted by Gasteiger charge is 2.25. The molecule has 1 unspecified atom stereocenters. The maximum absolute atomic E-state index is 11.3. The van der Waals surface area contributed by atoms with Crippen molar-refractivity contribution in [3.8, 4) is 0 Å². The second-order valence-corrected chi connectivity index (χ2v) is 4.63. The molecule has 14 heavy (non-hydrogen) atoms. The molecule has 0 aromatic heterocycles. The van der Waals surface area contributed by atoms with Crippen LogP contribution in [-0.2, 0) is 4.74 Å². The van der Waals surface area contributed by atoms with Crippen molar-refractivity contribution >= 4 is 6.09 Å². The van der Waals surface area contributed by atoms with Gasteiger partial charge in [0.1, 0.15) is 0 Å². The van der Waals surface area contributed by atoms with Crippen LogP contribution < -0.4 is 11.1 Å². The molecular weight excluding hydrogens is 180 g/mol. The highest BCUT2D eigenvalue weighted by Crippen LogP contribution is 2.06. The number of nitrogens with two attached hydrogens (primary N) is 1. The van der Waals surface area contributed by atoms with Crippen LogP contribution in [0.25, 0.3) is 0 Å². The standard InChI is InChI=1S/C10H22N2O2/c1-7(2)6-14-9(13)12-10(4,5)8(3)11/h7-8H,6,11H2,1-5H3,(H,12,13). The Bertz CT molecular complexity index is 189. The van der Waals surface area contributed by atoms with E-state index in [0.717, 1.165) is 0 Å². The molecule has 4 nitrogen and oxygen atoms in total. The molecule has 0 aliphatic heterocycles. The molecule has 1 atom stereocenters. The third-order valence-electron chi connectivity index (χ3n) is 2.11. The first-order valence-electron chi connectivity index (χ1n) is 4.96. The Morgan fingerprint density at radius 2 is 1.93 bits per heavy atom. The zero-order valence-electron chi connectivity index (χ0n) is 9.76. The van der Waals surface area contributed by atoms with Gasteiger partial charge in [0.25, 0.3) is 0 Å². The van der Waals surface area contributed by atoms with Crippen LogP contribution >= 0.6 is 0 Å². The minimum Gasteiger partial charge on any atom is -0.449 e. The van der Waals surface area contributed by atoms with Crippen LogP contribution in [0.1, 0.15) is 34.6 Å². The van der Waals surface area contributed by atoms with Crippen LogP contribution in [0.5, 0.6) is 0 Å². The molecule has 0 saturated heterocycles. The third-order valence-corrected chi connectivity index (χ3v) is 2.11. The lowest BCUT2D eigenvalue weighted by molar-refractivity contribution is 0.121. The summed E-state index contributed by atoms with van der Waals surface area (Å²) in [4.78, 5) is 11.3. The molecule has 0 aliphatic rings. The van der Waals surface area contributed by atoms with Crippen molar-refractivity contribution in [2.75, 3.05) is 6.61 Å². The van der Waals surface area contributed by atoms with Gasteiger partial charge in [0.15, 0.2) is 0 Å². The number of alkyl carbamates (subject to hydrolysis) is 1. The van der Waals surface area contributed by atoms with Crippen LogP contribution in [0.2, 0.25) is 0 Å². The van der Waals surface area contributed by atoms with Crippen LogP contribution in [-0.4, -0.2) is 24.3 Å². The Morgan fingerprint density at radius 1 is 1.43 bits per heavy atom. The van der Waals surface area contributed by atoms with Gasteiger partial charge in [0, 0.05) is 6.04 Å². The van der Waals surface area contributed by atoms with E-state index >= 15 is 0 Å². The van der Waals surface area contributed by atoms with Crippen molar-refractivity contribution in [2.24, 2.45) is 11.7 Å². The Labute approximate surface area is 86.2 Å². The SMILES string of the molecule is CC(C)COC(=O)NC(C)(C)C(C)N. The fraction of sp³-hybridized carbons (Fsp3) is 0.900. The lowest BCUT2D eigenvalue weighted by Crippen LogP contribution is -2.54. The molecule has 0 bridgehead atoms. The molecule has 84 valence electrons. The van der Waals surface area contributed by atoms with Gasteiger partial charge in [-0.2, -0.15) is 0 Å².